The molecule has 2 aromatic heterocycles. The number of hydrogen-bond donors (Lipinski definition) is 4. The first-order valence-electron chi connectivity index (χ1n) is 8.09. The number of H-pyrrole nitrogens is 1. The summed E-state index contributed by atoms with van der Waals surface area (Å²) in [6.07, 6.45) is 1.40. The monoisotopic (exact) mass is 379 g/mol. The molecule has 11 nitrogen and oxygen atoms in total. The average Bonchev–Trinajstić information content (AvgIpc) is 2.98. The molecule has 2 heterocycles. The number of fused-ring (bicyclic) bond motifs is 1. The summed E-state index contributed by atoms with van der Waals surface area (Å²) in [7, 11) is 1.34. The summed E-state index contributed by atoms with van der Waals surface area (Å²) in [5.74, 6) is -1.88. The zero-order valence-electron chi connectivity index (χ0n) is 15.1. The molecule has 2 aromatic rings. The van der Waals surface area contributed by atoms with Crippen LogP contribution in [0.5, 0.6) is 0 Å². The topological polar surface area (TPSA) is 159 Å². The number of carboxylic acid groups (broad SMARTS) is 1. The van der Waals surface area contributed by atoms with E-state index in [2.05, 4.69) is 20.3 Å². The number of imidazole rings is 1. The molecule has 0 bridgehead atoms. The van der Waals surface area contributed by atoms with Crippen molar-refractivity contribution in [2.24, 2.45) is 5.92 Å². The van der Waals surface area contributed by atoms with Crippen molar-refractivity contribution in [1.82, 2.24) is 19.5 Å². The third-order valence-corrected chi connectivity index (χ3v) is 3.77. The Morgan fingerprint density at radius 1 is 1.44 bits per heavy atom. The van der Waals surface area contributed by atoms with Gasteiger partial charge in [0.2, 0.25) is 11.9 Å². The summed E-state index contributed by atoms with van der Waals surface area (Å²) >= 11 is 0. The van der Waals surface area contributed by atoms with Crippen LogP contribution in [0.15, 0.2) is 22.8 Å². The lowest BCUT2D eigenvalue weighted by atomic mass is 10.1. The van der Waals surface area contributed by atoms with Crippen molar-refractivity contribution in [3.8, 4) is 0 Å². The van der Waals surface area contributed by atoms with Gasteiger partial charge in [0.25, 0.3) is 5.56 Å². The van der Waals surface area contributed by atoms with Gasteiger partial charge in [0.05, 0.1) is 12.9 Å². The van der Waals surface area contributed by atoms with Crippen LogP contribution in [0.25, 0.3) is 11.2 Å². The molecule has 4 N–H and O–H groups in total. The second-order valence-electron chi connectivity index (χ2n) is 6.07. The molecule has 0 radical (unpaired) electrons. The summed E-state index contributed by atoms with van der Waals surface area (Å²) in [4.78, 5) is 45.7. The van der Waals surface area contributed by atoms with Crippen molar-refractivity contribution in [3.05, 3.63) is 28.3 Å². The molecule has 0 aliphatic heterocycles. The molecule has 0 saturated carbocycles. The highest BCUT2D eigenvalue weighted by Gasteiger charge is 2.18. The summed E-state index contributed by atoms with van der Waals surface area (Å²) in [5, 5.41) is 20.9. The largest absolute Gasteiger partial charge is 0.478 e. The van der Waals surface area contributed by atoms with E-state index in [1.54, 1.807) is 13.8 Å². The van der Waals surface area contributed by atoms with Crippen LogP contribution in [-0.4, -0.2) is 61.4 Å². The van der Waals surface area contributed by atoms with E-state index < -0.39 is 24.2 Å². The molecule has 1 amide bonds. The lowest BCUT2D eigenvalue weighted by Crippen LogP contribution is -2.24. The van der Waals surface area contributed by atoms with E-state index in [4.69, 9.17) is 9.84 Å². The number of ether oxygens (including phenoxy) is 1. The van der Waals surface area contributed by atoms with Gasteiger partial charge in [-0.1, -0.05) is 13.8 Å². The summed E-state index contributed by atoms with van der Waals surface area (Å²) in [5.41, 5.74) is -0.110. The fourth-order valence-corrected chi connectivity index (χ4v) is 2.33. The summed E-state index contributed by atoms with van der Waals surface area (Å²) < 4.78 is 6.53. The molecule has 1 unspecified atom stereocenters. The quantitative estimate of drug-likeness (QED) is 0.456. The highest BCUT2D eigenvalue weighted by atomic mass is 16.5. The number of aromatic amines is 1. The van der Waals surface area contributed by atoms with E-state index >= 15 is 0 Å². The predicted octanol–water partition coefficient (Wildman–Crippen LogP) is -0.268. The number of hydrogen-bond acceptors (Lipinski definition) is 7. The second-order valence-corrected chi connectivity index (χ2v) is 6.07. The predicted molar refractivity (Wildman–Crippen MR) is 95.2 cm³/mol. The first-order valence-corrected chi connectivity index (χ1v) is 8.09. The van der Waals surface area contributed by atoms with Crippen LogP contribution in [0.3, 0.4) is 0 Å². The smallest absolute Gasteiger partial charge is 0.328 e. The van der Waals surface area contributed by atoms with Gasteiger partial charge in [-0.25, -0.2) is 9.78 Å². The van der Waals surface area contributed by atoms with E-state index in [0.29, 0.717) is 0 Å². The molecule has 2 rings (SSSR count). The van der Waals surface area contributed by atoms with E-state index in [1.165, 1.54) is 18.0 Å². The standard InChI is InChI=1S/C16H21N5O6/c1-8(2)14(25)19-16-18-13-12(15(26)20-16)17-7-21(13)5-9(4-11(23)24)10(6-22)27-3/h4,7-8,10,22H,5-6H2,1-3H3,(H,23,24)(H2,18,19,20,25,26)/b9-4+. The number of carboxylic acids is 1. The number of aliphatic carboxylic acids is 1. The van der Waals surface area contributed by atoms with Gasteiger partial charge in [-0.2, -0.15) is 4.98 Å². The zero-order valence-corrected chi connectivity index (χ0v) is 15.1. The number of carbonyl (C=O) groups is 2. The van der Waals surface area contributed by atoms with Crippen molar-refractivity contribution in [1.29, 1.82) is 0 Å². The number of aliphatic hydroxyl groups excluding tert-OH is 1. The molecule has 11 heteroatoms. The fourth-order valence-electron chi connectivity index (χ4n) is 2.33. The van der Waals surface area contributed by atoms with Crippen molar-refractivity contribution < 1.29 is 24.5 Å². The lowest BCUT2D eigenvalue weighted by Gasteiger charge is -2.17. The Kier molecular flexibility index (Phi) is 6.42. The van der Waals surface area contributed by atoms with E-state index in [-0.39, 0.29) is 41.1 Å². The number of carbonyl (C=O) groups excluding carboxylic acids is 1. The van der Waals surface area contributed by atoms with Crippen LogP contribution in [-0.2, 0) is 20.9 Å². The minimum Gasteiger partial charge on any atom is -0.478 e. The van der Waals surface area contributed by atoms with Gasteiger partial charge in [0.15, 0.2) is 11.2 Å². The highest BCUT2D eigenvalue weighted by molar-refractivity contribution is 5.91. The molecule has 0 aromatic carbocycles. The molecular weight excluding hydrogens is 358 g/mol. The normalized spacial score (nSPS) is 13.1. The molecule has 146 valence electrons. The number of anilines is 1. The van der Waals surface area contributed by atoms with Gasteiger partial charge in [-0.3, -0.25) is 19.9 Å². The minimum atomic E-state index is -1.21. The maximum atomic E-state index is 12.2. The molecule has 27 heavy (non-hydrogen) atoms. The summed E-state index contributed by atoms with van der Waals surface area (Å²) in [6, 6.07) is 0. The minimum absolute atomic E-state index is 0.0319. The molecule has 0 fully saturated rings. The van der Waals surface area contributed by atoms with Crippen LogP contribution in [0.2, 0.25) is 0 Å². The molecule has 0 aliphatic carbocycles. The maximum absolute atomic E-state index is 12.2. The molecule has 0 saturated heterocycles. The highest BCUT2D eigenvalue weighted by Crippen LogP contribution is 2.14. The second kappa shape index (κ2) is 8.56. The first-order chi connectivity index (χ1) is 12.8. The van der Waals surface area contributed by atoms with Gasteiger partial charge in [-0.05, 0) is 5.57 Å². The van der Waals surface area contributed by atoms with Crippen LogP contribution in [0, 0.1) is 5.92 Å². The Morgan fingerprint density at radius 3 is 2.70 bits per heavy atom. The van der Waals surface area contributed by atoms with E-state index in [1.807, 2.05) is 0 Å². The Bertz CT molecular complexity index is 925. The average molecular weight is 379 g/mol. The van der Waals surface area contributed by atoms with Gasteiger partial charge in [-0.15, -0.1) is 0 Å². The zero-order chi connectivity index (χ0) is 20.1. The Hall–Kier alpha value is -3.05. The number of methoxy groups -OCH3 is 1. The molecular formula is C16H21N5O6. The fraction of sp³-hybridized carbons (Fsp3) is 0.438. The summed E-state index contributed by atoms with van der Waals surface area (Å²) in [6.45, 7) is 2.93. The Morgan fingerprint density at radius 2 is 2.15 bits per heavy atom. The van der Waals surface area contributed by atoms with E-state index in [9.17, 15) is 19.5 Å². The van der Waals surface area contributed by atoms with Gasteiger partial charge in [0.1, 0.15) is 6.10 Å². The van der Waals surface area contributed by atoms with E-state index in [0.717, 1.165) is 6.08 Å². The van der Waals surface area contributed by atoms with Gasteiger partial charge >= 0.3 is 5.97 Å². The molecule has 0 spiro atoms. The molecule has 0 aliphatic rings. The van der Waals surface area contributed by atoms with Crippen molar-refractivity contribution in [2.75, 3.05) is 19.0 Å². The number of nitrogens with one attached hydrogen (secondary N) is 2. The third-order valence-electron chi connectivity index (χ3n) is 3.77. The van der Waals surface area contributed by atoms with Crippen molar-refractivity contribution >= 4 is 29.0 Å². The van der Waals surface area contributed by atoms with Crippen LogP contribution in [0.4, 0.5) is 5.95 Å². The van der Waals surface area contributed by atoms with Crippen LogP contribution in [0.1, 0.15) is 13.8 Å². The molecule has 1 atom stereocenters. The number of rotatable bonds is 8. The third kappa shape index (κ3) is 4.77. The van der Waals surface area contributed by atoms with Gasteiger partial charge in [0, 0.05) is 25.6 Å². The number of nitrogens with zero attached hydrogens (tertiary/aromatic N) is 3. The lowest BCUT2D eigenvalue weighted by molar-refractivity contribution is -0.131. The number of aromatic nitrogens is 4. The SMILES string of the molecule is COC(CO)/C(=C/C(=O)O)Cn1cnc2c(=O)[nH]c(NC(=O)C(C)C)nc21. The van der Waals surface area contributed by atoms with Crippen molar-refractivity contribution in [3.63, 3.8) is 0 Å². The van der Waals surface area contributed by atoms with Crippen molar-refractivity contribution in [2.45, 2.75) is 26.5 Å². The van der Waals surface area contributed by atoms with Crippen LogP contribution >= 0.6 is 0 Å². The number of aliphatic hydroxyl groups is 1. The van der Waals surface area contributed by atoms with Gasteiger partial charge < -0.3 is 19.5 Å². The van der Waals surface area contributed by atoms with Crippen LogP contribution < -0.4 is 10.9 Å². The Balaban J connectivity index is 2.46. The maximum Gasteiger partial charge on any atom is 0.328 e. The number of amides is 1. The Labute approximate surface area is 153 Å². The first kappa shape index (κ1) is 20.3.